The molecule has 0 amide bonds. The van der Waals surface area contributed by atoms with Gasteiger partial charge in [0.25, 0.3) is 5.56 Å². The molecule has 0 aliphatic heterocycles. The first-order chi connectivity index (χ1) is 16.2. The highest BCUT2D eigenvalue weighted by Crippen LogP contribution is 2.31. The van der Waals surface area contributed by atoms with E-state index in [0.29, 0.717) is 5.69 Å². The van der Waals surface area contributed by atoms with Crippen molar-refractivity contribution in [1.29, 1.82) is 0 Å². The molecule has 0 aliphatic carbocycles. The van der Waals surface area contributed by atoms with Crippen LogP contribution in [0.2, 0.25) is 0 Å². The van der Waals surface area contributed by atoms with Gasteiger partial charge >= 0.3 is 6.18 Å². The lowest BCUT2D eigenvalue weighted by atomic mass is 10.00. The fraction of sp³-hybridized carbons (Fsp3) is 0.167. The Hall–Kier alpha value is -4.21. The first-order valence-corrected chi connectivity index (χ1v) is 10.3. The molecule has 2 heterocycles. The van der Waals surface area contributed by atoms with Gasteiger partial charge in [-0.15, -0.1) is 0 Å². The van der Waals surface area contributed by atoms with Crippen LogP contribution in [0.3, 0.4) is 0 Å². The van der Waals surface area contributed by atoms with Crippen molar-refractivity contribution >= 4 is 28.1 Å². The van der Waals surface area contributed by atoms with Gasteiger partial charge in [-0.3, -0.25) is 9.78 Å². The molecule has 4 rings (SSSR count). The van der Waals surface area contributed by atoms with Crippen LogP contribution < -0.4 is 16.0 Å². The Bertz CT molecular complexity index is 1440. The number of halogens is 3. The third kappa shape index (κ3) is 4.47. The molecular weight excluding hydrogens is 449 g/mol. The quantitative estimate of drug-likeness (QED) is 0.466. The molecule has 2 aromatic carbocycles. The van der Waals surface area contributed by atoms with Gasteiger partial charge in [0, 0.05) is 35.5 Å². The molecule has 34 heavy (non-hydrogen) atoms. The number of anilines is 2. The Labute approximate surface area is 191 Å². The predicted molar refractivity (Wildman–Crippen MR) is 118 cm³/mol. The van der Waals surface area contributed by atoms with E-state index in [2.05, 4.69) is 15.4 Å². The number of alkyl halides is 3. The van der Waals surface area contributed by atoms with Crippen LogP contribution in [0.25, 0.3) is 10.8 Å². The topological polar surface area (TPSA) is 99.9 Å². The van der Waals surface area contributed by atoms with Crippen molar-refractivity contribution in [3.05, 3.63) is 93.7 Å². The fourth-order valence-corrected chi connectivity index (χ4v) is 3.69. The average Bonchev–Trinajstić information content (AvgIpc) is 2.81. The maximum absolute atomic E-state index is 13.2. The predicted octanol–water partition coefficient (Wildman–Crippen LogP) is 3.53. The van der Waals surface area contributed by atoms with Crippen LogP contribution in [0.15, 0.2) is 65.7 Å². The number of aromatic nitrogens is 3. The van der Waals surface area contributed by atoms with E-state index < -0.39 is 29.0 Å². The van der Waals surface area contributed by atoms with Gasteiger partial charge in [0.1, 0.15) is 11.4 Å². The van der Waals surface area contributed by atoms with E-state index in [0.717, 1.165) is 27.6 Å². The van der Waals surface area contributed by atoms with Gasteiger partial charge in [-0.05, 0) is 18.6 Å². The van der Waals surface area contributed by atoms with E-state index in [1.54, 1.807) is 25.3 Å². The van der Waals surface area contributed by atoms with Crippen molar-refractivity contribution in [3.8, 4) is 0 Å². The van der Waals surface area contributed by atoms with E-state index in [-0.39, 0.29) is 29.8 Å². The standard InChI is InChI=1S/C24H19F3N4O3/c1-2-31-22(32)20(29-19-13-28-12-15-7-3-4-9-17(15)19)18(21(30-31)23(33)34)11-14-6-5-8-16(10-14)24(25,26)27/h3-10,12-13,29H,2,11H2,1H3,(H,33,34)/p-1. The molecule has 0 unspecified atom stereocenters. The summed E-state index contributed by atoms with van der Waals surface area (Å²) in [5, 5.41) is 20.3. The highest BCUT2D eigenvalue weighted by Gasteiger charge is 2.30. The summed E-state index contributed by atoms with van der Waals surface area (Å²) in [5.41, 5.74) is -1.65. The number of nitrogens with zero attached hydrogens (tertiary/aromatic N) is 3. The normalized spacial score (nSPS) is 11.5. The molecule has 4 aromatic rings. The molecule has 0 saturated carbocycles. The monoisotopic (exact) mass is 467 g/mol. The van der Waals surface area contributed by atoms with Gasteiger partial charge in [-0.2, -0.15) is 18.3 Å². The molecule has 7 nitrogen and oxygen atoms in total. The van der Waals surface area contributed by atoms with Gasteiger partial charge in [-0.25, -0.2) is 4.68 Å². The van der Waals surface area contributed by atoms with Crippen LogP contribution >= 0.6 is 0 Å². The molecule has 2 aromatic heterocycles. The molecular formula is C24H18F3N4O3-. The zero-order valence-corrected chi connectivity index (χ0v) is 17.9. The van der Waals surface area contributed by atoms with Crippen LogP contribution in [-0.4, -0.2) is 20.7 Å². The number of carbonyl (C=O) groups excluding carboxylic acids is 1. The molecule has 0 saturated heterocycles. The SMILES string of the molecule is CCn1nc(C(=O)[O-])c(Cc2cccc(C(F)(F)F)c2)c(Nc2cncc3ccccc23)c1=O. The second kappa shape index (κ2) is 8.97. The first-order valence-electron chi connectivity index (χ1n) is 10.3. The number of hydrogen-bond acceptors (Lipinski definition) is 6. The van der Waals surface area contributed by atoms with Crippen molar-refractivity contribution in [1.82, 2.24) is 14.8 Å². The Kier molecular flexibility index (Phi) is 6.06. The second-order valence-electron chi connectivity index (χ2n) is 7.52. The number of aryl methyl sites for hydroxylation is 1. The minimum absolute atomic E-state index is 0.0748. The third-order valence-electron chi connectivity index (χ3n) is 5.31. The molecule has 0 fully saturated rings. The van der Waals surface area contributed by atoms with E-state index in [1.807, 2.05) is 12.1 Å². The van der Waals surface area contributed by atoms with Gasteiger partial charge in [0.2, 0.25) is 0 Å². The van der Waals surface area contributed by atoms with Crippen LogP contribution in [0.5, 0.6) is 0 Å². The van der Waals surface area contributed by atoms with Crippen molar-refractivity contribution in [2.24, 2.45) is 0 Å². The number of carbonyl (C=O) groups is 1. The summed E-state index contributed by atoms with van der Waals surface area (Å²) in [6, 6.07) is 11.7. The molecule has 0 bridgehead atoms. The zero-order valence-electron chi connectivity index (χ0n) is 17.9. The molecule has 0 aliphatic rings. The fourth-order valence-electron chi connectivity index (χ4n) is 3.69. The Morgan fingerprint density at radius 2 is 1.88 bits per heavy atom. The van der Waals surface area contributed by atoms with Crippen molar-refractivity contribution in [2.45, 2.75) is 26.1 Å². The molecule has 10 heteroatoms. The number of nitrogens with one attached hydrogen (secondary N) is 1. The van der Waals surface area contributed by atoms with Crippen LogP contribution in [0.4, 0.5) is 24.5 Å². The third-order valence-corrected chi connectivity index (χ3v) is 5.31. The Morgan fingerprint density at radius 1 is 1.12 bits per heavy atom. The number of carboxylic acid groups (broad SMARTS) is 1. The largest absolute Gasteiger partial charge is 0.543 e. The Morgan fingerprint density at radius 3 is 2.59 bits per heavy atom. The summed E-state index contributed by atoms with van der Waals surface area (Å²) in [6.45, 7) is 1.69. The summed E-state index contributed by atoms with van der Waals surface area (Å²) >= 11 is 0. The lowest BCUT2D eigenvalue weighted by Crippen LogP contribution is -2.34. The van der Waals surface area contributed by atoms with Crippen LogP contribution in [0, 0.1) is 0 Å². The summed E-state index contributed by atoms with van der Waals surface area (Å²) in [6.07, 6.45) is -1.76. The van der Waals surface area contributed by atoms with Gasteiger partial charge in [-0.1, -0.05) is 42.5 Å². The zero-order chi connectivity index (χ0) is 24.5. The Balaban J connectivity index is 1.91. The van der Waals surface area contributed by atoms with E-state index in [9.17, 15) is 27.9 Å². The van der Waals surface area contributed by atoms with Crippen LogP contribution in [0.1, 0.15) is 34.1 Å². The number of carboxylic acids is 1. The number of fused-ring (bicyclic) bond motifs is 1. The van der Waals surface area contributed by atoms with Gasteiger partial charge in [0.15, 0.2) is 0 Å². The summed E-state index contributed by atoms with van der Waals surface area (Å²) in [7, 11) is 0. The maximum atomic E-state index is 13.2. The number of rotatable bonds is 6. The summed E-state index contributed by atoms with van der Waals surface area (Å²) in [5.74, 6) is -1.65. The average molecular weight is 467 g/mol. The number of pyridine rings is 1. The lowest BCUT2D eigenvalue weighted by molar-refractivity contribution is -0.255. The van der Waals surface area contributed by atoms with E-state index in [1.165, 1.54) is 18.3 Å². The van der Waals surface area contributed by atoms with E-state index in [4.69, 9.17) is 0 Å². The number of benzene rings is 2. The molecule has 0 spiro atoms. The smallest absolute Gasteiger partial charge is 0.416 e. The lowest BCUT2D eigenvalue weighted by Gasteiger charge is -2.19. The van der Waals surface area contributed by atoms with Crippen molar-refractivity contribution in [3.63, 3.8) is 0 Å². The maximum Gasteiger partial charge on any atom is 0.416 e. The van der Waals surface area contributed by atoms with Crippen LogP contribution in [-0.2, 0) is 19.1 Å². The number of aromatic carboxylic acids is 1. The minimum atomic E-state index is -4.58. The minimum Gasteiger partial charge on any atom is -0.543 e. The second-order valence-corrected chi connectivity index (χ2v) is 7.52. The van der Waals surface area contributed by atoms with Crippen molar-refractivity contribution < 1.29 is 23.1 Å². The van der Waals surface area contributed by atoms with Crippen molar-refractivity contribution in [2.75, 3.05) is 5.32 Å². The highest BCUT2D eigenvalue weighted by atomic mass is 19.4. The van der Waals surface area contributed by atoms with Gasteiger partial charge < -0.3 is 15.2 Å². The highest BCUT2D eigenvalue weighted by molar-refractivity contribution is 5.95. The molecule has 0 atom stereocenters. The molecule has 1 N–H and O–H groups in total. The molecule has 174 valence electrons. The first kappa shape index (κ1) is 23.0. The van der Waals surface area contributed by atoms with E-state index >= 15 is 0 Å². The number of hydrogen-bond donors (Lipinski definition) is 1. The molecule has 0 radical (unpaired) electrons. The summed E-state index contributed by atoms with van der Waals surface area (Å²) < 4.78 is 40.6. The summed E-state index contributed by atoms with van der Waals surface area (Å²) in [4.78, 5) is 29.3. The van der Waals surface area contributed by atoms with Gasteiger partial charge in [0.05, 0.1) is 23.4 Å².